The molecule has 0 aliphatic heterocycles. The Balaban J connectivity index is 1.82. The summed E-state index contributed by atoms with van der Waals surface area (Å²) in [6.07, 6.45) is 8.11. The molecule has 0 bridgehead atoms. The molecule has 0 radical (unpaired) electrons. The fourth-order valence-electron chi connectivity index (χ4n) is 2.93. The number of hydrogen-bond donors (Lipinski definition) is 0. The van der Waals surface area contributed by atoms with Gasteiger partial charge < -0.3 is 9.47 Å². The van der Waals surface area contributed by atoms with E-state index in [4.69, 9.17) is 9.47 Å². The van der Waals surface area contributed by atoms with E-state index in [1.807, 2.05) is 6.92 Å². The highest BCUT2D eigenvalue weighted by Crippen LogP contribution is 2.26. The van der Waals surface area contributed by atoms with Crippen LogP contribution in [0.4, 0.5) is 0 Å². The van der Waals surface area contributed by atoms with Crippen molar-refractivity contribution in [2.24, 2.45) is 5.92 Å². The number of esters is 2. The quantitative estimate of drug-likeness (QED) is 0.700. The molecule has 0 amide bonds. The molecule has 4 heteroatoms. The molecule has 0 atom stereocenters. The standard InChI is InChI=1S/C19H26O4/c1-2-12-22-18(20)16-9-6-10-17(14-16)19(21)23-13-11-15-7-4-3-5-8-15/h6,9-10,14-15H,2-5,7-8,11-13H2,1H3. The summed E-state index contributed by atoms with van der Waals surface area (Å²) in [6.45, 7) is 2.77. The van der Waals surface area contributed by atoms with Crippen LogP contribution in [0.25, 0.3) is 0 Å². The van der Waals surface area contributed by atoms with E-state index in [-0.39, 0.29) is 5.97 Å². The summed E-state index contributed by atoms with van der Waals surface area (Å²) in [4.78, 5) is 23.9. The van der Waals surface area contributed by atoms with Gasteiger partial charge in [0.05, 0.1) is 24.3 Å². The van der Waals surface area contributed by atoms with Gasteiger partial charge in [-0.2, -0.15) is 0 Å². The molecule has 1 aliphatic rings. The van der Waals surface area contributed by atoms with Crippen molar-refractivity contribution in [3.63, 3.8) is 0 Å². The van der Waals surface area contributed by atoms with E-state index < -0.39 is 5.97 Å². The molecule has 0 aromatic heterocycles. The minimum Gasteiger partial charge on any atom is -0.462 e. The summed E-state index contributed by atoms with van der Waals surface area (Å²) in [5.74, 6) is -0.0819. The Labute approximate surface area is 138 Å². The van der Waals surface area contributed by atoms with Gasteiger partial charge >= 0.3 is 11.9 Å². The highest BCUT2D eigenvalue weighted by molar-refractivity contribution is 5.95. The van der Waals surface area contributed by atoms with Gasteiger partial charge in [0.25, 0.3) is 0 Å². The van der Waals surface area contributed by atoms with Gasteiger partial charge in [-0.05, 0) is 37.0 Å². The molecule has 2 rings (SSSR count). The molecule has 1 saturated carbocycles. The second kappa shape index (κ2) is 9.33. The third-order valence-corrected chi connectivity index (χ3v) is 4.26. The highest BCUT2D eigenvalue weighted by Gasteiger charge is 2.15. The zero-order chi connectivity index (χ0) is 16.5. The smallest absolute Gasteiger partial charge is 0.338 e. The van der Waals surface area contributed by atoms with Crippen LogP contribution in [-0.4, -0.2) is 25.2 Å². The maximum absolute atomic E-state index is 12.1. The van der Waals surface area contributed by atoms with Crippen LogP contribution in [0.3, 0.4) is 0 Å². The molecule has 4 nitrogen and oxygen atoms in total. The summed E-state index contributed by atoms with van der Waals surface area (Å²) in [5, 5.41) is 0. The van der Waals surface area contributed by atoms with E-state index in [1.54, 1.807) is 24.3 Å². The predicted octanol–water partition coefficient (Wildman–Crippen LogP) is 4.38. The normalized spacial score (nSPS) is 15.2. The lowest BCUT2D eigenvalue weighted by atomic mass is 9.87. The van der Waals surface area contributed by atoms with Crippen LogP contribution in [0.15, 0.2) is 24.3 Å². The van der Waals surface area contributed by atoms with E-state index >= 15 is 0 Å². The van der Waals surface area contributed by atoms with E-state index in [0.717, 1.165) is 12.8 Å². The van der Waals surface area contributed by atoms with Gasteiger partial charge in [0.2, 0.25) is 0 Å². The molecule has 0 unspecified atom stereocenters. The van der Waals surface area contributed by atoms with E-state index in [0.29, 0.717) is 30.3 Å². The molecule has 1 aliphatic carbocycles. The van der Waals surface area contributed by atoms with Gasteiger partial charge in [0.15, 0.2) is 0 Å². The third-order valence-electron chi connectivity index (χ3n) is 4.26. The number of carbonyl (C=O) groups is 2. The van der Waals surface area contributed by atoms with Gasteiger partial charge in [-0.1, -0.05) is 45.1 Å². The average molecular weight is 318 g/mol. The fraction of sp³-hybridized carbons (Fsp3) is 0.579. The van der Waals surface area contributed by atoms with Gasteiger partial charge in [0, 0.05) is 0 Å². The average Bonchev–Trinajstić information content (AvgIpc) is 2.60. The van der Waals surface area contributed by atoms with Crippen LogP contribution in [0.1, 0.15) is 72.6 Å². The molecule has 1 aromatic rings. The summed E-state index contributed by atoms with van der Waals surface area (Å²) >= 11 is 0. The Kier molecular flexibility index (Phi) is 7.11. The van der Waals surface area contributed by atoms with E-state index in [9.17, 15) is 9.59 Å². The summed E-state index contributed by atoms with van der Waals surface area (Å²) in [7, 11) is 0. The summed E-state index contributed by atoms with van der Waals surface area (Å²) < 4.78 is 10.4. The van der Waals surface area contributed by atoms with Gasteiger partial charge in [-0.3, -0.25) is 0 Å². The zero-order valence-corrected chi connectivity index (χ0v) is 13.9. The summed E-state index contributed by atoms with van der Waals surface area (Å²) in [6, 6.07) is 6.54. The second-order valence-electron chi connectivity index (χ2n) is 6.15. The number of carbonyl (C=O) groups excluding carboxylic acids is 2. The Morgan fingerprint density at radius 3 is 2.22 bits per heavy atom. The fourth-order valence-corrected chi connectivity index (χ4v) is 2.93. The molecule has 0 saturated heterocycles. The molecule has 23 heavy (non-hydrogen) atoms. The highest BCUT2D eigenvalue weighted by atomic mass is 16.5. The lowest BCUT2D eigenvalue weighted by Gasteiger charge is -2.21. The Bertz CT molecular complexity index is 518. The van der Waals surface area contributed by atoms with Crippen LogP contribution in [0.5, 0.6) is 0 Å². The van der Waals surface area contributed by atoms with Crippen LogP contribution < -0.4 is 0 Å². The molecule has 1 aromatic carbocycles. The Morgan fingerprint density at radius 1 is 1.00 bits per heavy atom. The lowest BCUT2D eigenvalue weighted by molar-refractivity contribution is 0.0475. The predicted molar refractivity (Wildman–Crippen MR) is 88.5 cm³/mol. The minimum absolute atomic E-state index is 0.369. The Morgan fingerprint density at radius 2 is 1.61 bits per heavy atom. The van der Waals surface area contributed by atoms with Crippen molar-refractivity contribution in [1.82, 2.24) is 0 Å². The summed E-state index contributed by atoms with van der Waals surface area (Å²) in [5.41, 5.74) is 0.791. The first-order valence-electron chi connectivity index (χ1n) is 8.65. The number of rotatable bonds is 7. The van der Waals surface area contributed by atoms with Gasteiger partial charge in [-0.15, -0.1) is 0 Å². The maximum atomic E-state index is 12.1. The molecule has 0 spiro atoms. The van der Waals surface area contributed by atoms with Gasteiger partial charge in [-0.25, -0.2) is 9.59 Å². The lowest BCUT2D eigenvalue weighted by Crippen LogP contribution is -2.13. The topological polar surface area (TPSA) is 52.6 Å². The molecular weight excluding hydrogens is 292 g/mol. The molecule has 126 valence electrons. The monoisotopic (exact) mass is 318 g/mol. The molecule has 0 heterocycles. The Hall–Kier alpha value is -1.84. The van der Waals surface area contributed by atoms with Crippen molar-refractivity contribution >= 4 is 11.9 Å². The molecule has 1 fully saturated rings. The third kappa shape index (κ3) is 5.70. The van der Waals surface area contributed by atoms with Crippen LogP contribution in [-0.2, 0) is 9.47 Å². The zero-order valence-electron chi connectivity index (χ0n) is 13.9. The van der Waals surface area contributed by atoms with Gasteiger partial charge in [0.1, 0.15) is 0 Å². The number of ether oxygens (including phenoxy) is 2. The first-order valence-corrected chi connectivity index (χ1v) is 8.65. The van der Waals surface area contributed by atoms with E-state index in [1.165, 1.54) is 32.1 Å². The van der Waals surface area contributed by atoms with Crippen molar-refractivity contribution in [2.75, 3.05) is 13.2 Å². The number of hydrogen-bond acceptors (Lipinski definition) is 4. The van der Waals surface area contributed by atoms with Crippen molar-refractivity contribution in [1.29, 1.82) is 0 Å². The SMILES string of the molecule is CCCOC(=O)c1cccc(C(=O)OCCC2CCCCC2)c1. The largest absolute Gasteiger partial charge is 0.462 e. The maximum Gasteiger partial charge on any atom is 0.338 e. The molecule has 0 N–H and O–H groups in total. The van der Waals surface area contributed by atoms with E-state index in [2.05, 4.69) is 0 Å². The molecular formula is C19H26O4. The second-order valence-corrected chi connectivity index (χ2v) is 6.15. The first-order chi connectivity index (χ1) is 11.2. The van der Waals surface area contributed by atoms with Crippen LogP contribution >= 0.6 is 0 Å². The van der Waals surface area contributed by atoms with Crippen LogP contribution in [0, 0.1) is 5.92 Å². The van der Waals surface area contributed by atoms with Crippen LogP contribution in [0.2, 0.25) is 0 Å². The minimum atomic E-state index is -0.399. The van der Waals surface area contributed by atoms with Crippen molar-refractivity contribution < 1.29 is 19.1 Å². The van der Waals surface area contributed by atoms with Crippen molar-refractivity contribution in [3.8, 4) is 0 Å². The number of benzene rings is 1. The van der Waals surface area contributed by atoms with Crippen molar-refractivity contribution in [3.05, 3.63) is 35.4 Å². The van der Waals surface area contributed by atoms with Crippen molar-refractivity contribution in [2.45, 2.75) is 51.9 Å². The first kappa shape index (κ1) is 17.5.